The molecule has 2 amide bonds. The van der Waals surface area contributed by atoms with Crippen LogP contribution in [0.4, 0.5) is 5.69 Å². The Morgan fingerprint density at radius 1 is 1.35 bits per heavy atom. The third-order valence-corrected chi connectivity index (χ3v) is 4.95. The van der Waals surface area contributed by atoms with Gasteiger partial charge in [0.05, 0.1) is 10.7 Å². The first-order valence-corrected chi connectivity index (χ1v) is 8.59. The standard InChI is InChI=1S/C17H22ClN3O2/c18-13-3-1-2-4-15(13)21-10-8-14(17(21)23)20-16(22)6-5-12-7-9-19-11-12/h1-4,12,14,19H,5-11H2,(H,20,22). The van der Waals surface area contributed by atoms with Crippen molar-refractivity contribution in [2.45, 2.75) is 31.7 Å². The fraction of sp³-hybridized carbons (Fsp3) is 0.529. The Morgan fingerprint density at radius 3 is 2.91 bits per heavy atom. The molecule has 0 spiro atoms. The molecule has 0 bridgehead atoms. The second-order valence-corrected chi connectivity index (χ2v) is 6.65. The number of carbonyl (C=O) groups is 2. The Bertz CT molecular complexity index is 587. The zero-order chi connectivity index (χ0) is 16.2. The number of benzene rings is 1. The lowest BCUT2D eigenvalue weighted by molar-refractivity contribution is -0.126. The molecule has 5 nitrogen and oxygen atoms in total. The van der Waals surface area contributed by atoms with E-state index < -0.39 is 6.04 Å². The molecule has 0 aromatic heterocycles. The summed E-state index contributed by atoms with van der Waals surface area (Å²) >= 11 is 6.16. The van der Waals surface area contributed by atoms with Crippen LogP contribution >= 0.6 is 11.6 Å². The topological polar surface area (TPSA) is 61.4 Å². The number of hydrogen-bond donors (Lipinski definition) is 2. The predicted molar refractivity (Wildman–Crippen MR) is 90.6 cm³/mol. The Kier molecular flexibility index (Phi) is 5.18. The number of para-hydroxylation sites is 1. The molecule has 1 aromatic carbocycles. The summed E-state index contributed by atoms with van der Waals surface area (Å²) in [5.74, 6) is 0.477. The average Bonchev–Trinajstić information content (AvgIpc) is 3.17. The van der Waals surface area contributed by atoms with Crippen LogP contribution in [-0.2, 0) is 9.59 Å². The van der Waals surface area contributed by atoms with Gasteiger partial charge in [-0.15, -0.1) is 0 Å². The van der Waals surface area contributed by atoms with Crippen LogP contribution in [0.2, 0.25) is 5.02 Å². The number of amides is 2. The second kappa shape index (κ2) is 7.32. The van der Waals surface area contributed by atoms with Crippen LogP contribution < -0.4 is 15.5 Å². The van der Waals surface area contributed by atoms with Crippen LogP contribution in [0.3, 0.4) is 0 Å². The highest BCUT2D eigenvalue weighted by atomic mass is 35.5. The van der Waals surface area contributed by atoms with E-state index in [-0.39, 0.29) is 11.8 Å². The first-order chi connectivity index (χ1) is 11.1. The van der Waals surface area contributed by atoms with Crippen molar-refractivity contribution < 1.29 is 9.59 Å². The van der Waals surface area contributed by atoms with Gasteiger partial charge in [0, 0.05) is 13.0 Å². The lowest BCUT2D eigenvalue weighted by Gasteiger charge is -2.18. The van der Waals surface area contributed by atoms with E-state index in [0.29, 0.717) is 36.0 Å². The minimum atomic E-state index is -0.430. The van der Waals surface area contributed by atoms with Gasteiger partial charge in [0.25, 0.3) is 0 Å². The second-order valence-electron chi connectivity index (χ2n) is 6.25. The number of halogens is 1. The van der Waals surface area contributed by atoms with Crippen molar-refractivity contribution in [3.8, 4) is 0 Å². The van der Waals surface area contributed by atoms with Crippen LogP contribution in [0.15, 0.2) is 24.3 Å². The van der Waals surface area contributed by atoms with Crippen molar-refractivity contribution in [3.05, 3.63) is 29.3 Å². The summed E-state index contributed by atoms with van der Waals surface area (Å²) in [7, 11) is 0. The molecule has 2 saturated heterocycles. The van der Waals surface area contributed by atoms with Gasteiger partial charge < -0.3 is 15.5 Å². The molecule has 1 aromatic rings. The summed E-state index contributed by atoms with van der Waals surface area (Å²) < 4.78 is 0. The molecule has 6 heteroatoms. The van der Waals surface area contributed by atoms with Gasteiger partial charge in [-0.2, -0.15) is 0 Å². The van der Waals surface area contributed by atoms with Gasteiger partial charge in [0.2, 0.25) is 11.8 Å². The maximum absolute atomic E-state index is 12.5. The summed E-state index contributed by atoms with van der Waals surface area (Å²) in [4.78, 5) is 26.2. The Hall–Kier alpha value is -1.59. The summed E-state index contributed by atoms with van der Waals surface area (Å²) in [6.45, 7) is 2.62. The minimum Gasteiger partial charge on any atom is -0.344 e. The van der Waals surface area contributed by atoms with E-state index in [1.165, 1.54) is 0 Å². The molecule has 2 atom stereocenters. The lowest BCUT2D eigenvalue weighted by atomic mass is 10.0. The molecule has 0 radical (unpaired) electrons. The zero-order valence-corrected chi connectivity index (χ0v) is 13.8. The molecule has 0 saturated carbocycles. The average molecular weight is 336 g/mol. The molecular weight excluding hydrogens is 314 g/mol. The van der Waals surface area contributed by atoms with Gasteiger partial charge in [0.15, 0.2) is 0 Å². The fourth-order valence-electron chi connectivity index (χ4n) is 3.29. The first-order valence-electron chi connectivity index (χ1n) is 8.21. The summed E-state index contributed by atoms with van der Waals surface area (Å²) in [6.07, 6.45) is 3.13. The van der Waals surface area contributed by atoms with Gasteiger partial charge in [-0.3, -0.25) is 9.59 Å². The fourth-order valence-corrected chi connectivity index (χ4v) is 3.52. The largest absolute Gasteiger partial charge is 0.344 e. The van der Waals surface area contributed by atoms with E-state index in [1.807, 2.05) is 18.2 Å². The van der Waals surface area contributed by atoms with Crippen molar-refractivity contribution >= 4 is 29.1 Å². The first kappa shape index (κ1) is 16.3. The monoisotopic (exact) mass is 335 g/mol. The molecule has 3 rings (SSSR count). The van der Waals surface area contributed by atoms with E-state index >= 15 is 0 Å². The number of anilines is 1. The van der Waals surface area contributed by atoms with Gasteiger partial charge >= 0.3 is 0 Å². The van der Waals surface area contributed by atoms with Crippen LogP contribution in [0.5, 0.6) is 0 Å². The highest BCUT2D eigenvalue weighted by molar-refractivity contribution is 6.34. The Labute approximate surface area is 141 Å². The predicted octanol–water partition coefficient (Wildman–Crippen LogP) is 1.95. The molecule has 23 heavy (non-hydrogen) atoms. The highest BCUT2D eigenvalue weighted by Crippen LogP contribution is 2.29. The molecular formula is C17H22ClN3O2. The van der Waals surface area contributed by atoms with Crippen LogP contribution in [0, 0.1) is 5.92 Å². The van der Waals surface area contributed by atoms with Gasteiger partial charge in [-0.1, -0.05) is 23.7 Å². The number of carbonyl (C=O) groups excluding carboxylic acids is 2. The SMILES string of the molecule is O=C(CCC1CCNC1)NC1CCN(c2ccccc2Cl)C1=O. The molecule has 2 aliphatic heterocycles. The van der Waals surface area contributed by atoms with Crippen LogP contribution in [-0.4, -0.2) is 37.5 Å². The normalized spacial score (nSPS) is 24.2. The minimum absolute atomic E-state index is 0.0312. The van der Waals surface area contributed by atoms with Crippen molar-refractivity contribution in [1.82, 2.24) is 10.6 Å². The van der Waals surface area contributed by atoms with E-state index in [2.05, 4.69) is 10.6 Å². The van der Waals surface area contributed by atoms with Gasteiger partial charge in [-0.05, 0) is 50.4 Å². The van der Waals surface area contributed by atoms with Crippen LogP contribution in [0.1, 0.15) is 25.7 Å². The molecule has 124 valence electrons. The number of rotatable bonds is 5. The summed E-state index contributed by atoms with van der Waals surface area (Å²) in [6, 6.07) is 6.86. The number of hydrogen-bond acceptors (Lipinski definition) is 3. The van der Waals surface area contributed by atoms with Crippen molar-refractivity contribution in [2.24, 2.45) is 5.92 Å². The van der Waals surface area contributed by atoms with Crippen molar-refractivity contribution in [1.29, 1.82) is 0 Å². The lowest BCUT2D eigenvalue weighted by Crippen LogP contribution is -2.41. The van der Waals surface area contributed by atoms with E-state index in [0.717, 1.165) is 25.9 Å². The molecule has 2 unspecified atom stereocenters. The molecule has 2 fully saturated rings. The number of nitrogens with zero attached hydrogens (tertiary/aromatic N) is 1. The maximum Gasteiger partial charge on any atom is 0.249 e. The summed E-state index contributed by atoms with van der Waals surface area (Å²) in [5.41, 5.74) is 0.716. The molecule has 2 aliphatic rings. The maximum atomic E-state index is 12.5. The van der Waals surface area contributed by atoms with E-state index in [9.17, 15) is 9.59 Å². The zero-order valence-electron chi connectivity index (χ0n) is 13.1. The van der Waals surface area contributed by atoms with Crippen LogP contribution in [0.25, 0.3) is 0 Å². The smallest absolute Gasteiger partial charge is 0.249 e. The van der Waals surface area contributed by atoms with Crippen molar-refractivity contribution in [2.75, 3.05) is 24.5 Å². The third kappa shape index (κ3) is 3.85. The summed E-state index contributed by atoms with van der Waals surface area (Å²) in [5, 5.41) is 6.74. The molecule has 2 heterocycles. The van der Waals surface area contributed by atoms with Crippen molar-refractivity contribution in [3.63, 3.8) is 0 Å². The van der Waals surface area contributed by atoms with Gasteiger partial charge in [0.1, 0.15) is 6.04 Å². The third-order valence-electron chi connectivity index (χ3n) is 4.63. The Morgan fingerprint density at radius 2 is 2.17 bits per heavy atom. The Balaban J connectivity index is 1.52. The molecule has 2 N–H and O–H groups in total. The quantitative estimate of drug-likeness (QED) is 0.864. The number of nitrogens with one attached hydrogen (secondary N) is 2. The molecule has 0 aliphatic carbocycles. The highest BCUT2D eigenvalue weighted by Gasteiger charge is 2.34. The van der Waals surface area contributed by atoms with E-state index in [4.69, 9.17) is 11.6 Å². The van der Waals surface area contributed by atoms with E-state index in [1.54, 1.807) is 11.0 Å². The van der Waals surface area contributed by atoms with Gasteiger partial charge in [-0.25, -0.2) is 0 Å².